The standard InChI is InChI=1S/C12H18ClNO2/c1-7(2)9-5-11(13)8(3)10(6-16-14)12(9)15-4/h5,7H,6,14H2,1-4H3. The number of halogens is 1. The van der Waals surface area contributed by atoms with E-state index in [1.54, 1.807) is 7.11 Å². The van der Waals surface area contributed by atoms with E-state index in [1.807, 2.05) is 13.0 Å². The van der Waals surface area contributed by atoms with Crippen molar-refractivity contribution >= 4 is 11.6 Å². The van der Waals surface area contributed by atoms with Crippen LogP contribution in [-0.2, 0) is 11.4 Å². The monoisotopic (exact) mass is 243 g/mol. The van der Waals surface area contributed by atoms with Gasteiger partial charge < -0.3 is 4.74 Å². The van der Waals surface area contributed by atoms with Crippen molar-refractivity contribution in [1.82, 2.24) is 0 Å². The molecule has 0 spiro atoms. The summed E-state index contributed by atoms with van der Waals surface area (Å²) >= 11 is 6.18. The van der Waals surface area contributed by atoms with E-state index < -0.39 is 0 Å². The van der Waals surface area contributed by atoms with Gasteiger partial charge in [-0.1, -0.05) is 25.4 Å². The van der Waals surface area contributed by atoms with Gasteiger partial charge in [0.15, 0.2) is 0 Å². The number of methoxy groups -OCH3 is 1. The third-order valence-corrected chi connectivity index (χ3v) is 3.08. The fourth-order valence-electron chi connectivity index (χ4n) is 1.73. The van der Waals surface area contributed by atoms with Gasteiger partial charge in [-0.15, -0.1) is 0 Å². The molecule has 0 aliphatic rings. The predicted molar refractivity (Wildman–Crippen MR) is 65.8 cm³/mol. The zero-order chi connectivity index (χ0) is 12.3. The quantitative estimate of drug-likeness (QED) is 0.827. The SMILES string of the molecule is COc1c(C(C)C)cc(Cl)c(C)c1CON. The molecule has 1 rings (SSSR count). The van der Waals surface area contributed by atoms with Crippen molar-refractivity contribution < 1.29 is 9.57 Å². The highest BCUT2D eigenvalue weighted by atomic mass is 35.5. The Hall–Kier alpha value is -0.770. The van der Waals surface area contributed by atoms with Crippen molar-refractivity contribution in [1.29, 1.82) is 0 Å². The summed E-state index contributed by atoms with van der Waals surface area (Å²) in [6, 6.07) is 1.94. The first-order chi connectivity index (χ1) is 7.52. The second-order valence-electron chi connectivity index (χ2n) is 4.05. The first kappa shape index (κ1) is 13.3. The van der Waals surface area contributed by atoms with Gasteiger partial charge in [-0.2, -0.15) is 0 Å². The Balaban J connectivity index is 3.42. The summed E-state index contributed by atoms with van der Waals surface area (Å²) in [5, 5.41) is 0.719. The van der Waals surface area contributed by atoms with Crippen LogP contribution in [0.15, 0.2) is 6.07 Å². The molecule has 0 amide bonds. The van der Waals surface area contributed by atoms with Crippen LogP contribution in [0, 0.1) is 6.92 Å². The van der Waals surface area contributed by atoms with Crippen molar-refractivity contribution in [2.45, 2.75) is 33.3 Å². The number of hydrogen-bond acceptors (Lipinski definition) is 3. The molecule has 0 bridgehead atoms. The van der Waals surface area contributed by atoms with Crippen LogP contribution in [0.25, 0.3) is 0 Å². The molecule has 0 radical (unpaired) electrons. The summed E-state index contributed by atoms with van der Waals surface area (Å²) in [4.78, 5) is 4.70. The molecular formula is C12H18ClNO2. The summed E-state index contributed by atoms with van der Waals surface area (Å²) in [6.45, 7) is 6.42. The molecule has 0 saturated heterocycles. The highest BCUT2D eigenvalue weighted by Gasteiger charge is 2.17. The van der Waals surface area contributed by atoms with E-state index in [9.17, 15) is 0 Å². The van der Waals surface area contributed by atoms with Crippen LogP contribution in [0.2, 0.25) is 5.02 Å². The molecule has 0 atom stereocenters. The summed E-state index contributed by atoms with van der Waals surface area (Å²) < 4.78 is 5.43. The van der Waals surface area contributed by atoms with Gasteiger partial charge in [0, 0.05) is 10.6 Å². The maximum Gasteiger partial charge on any atom is 0.128 e. The van der Waals surface area contributed by atoms with Crippen molar-refractivity contribution in [3.05, 3.63) is 27.8 Å². The Morgan fingerprint density at radius 3 is 2.50 bits per heavy atom. The molecule has 0 aliphatic carbocycles. The van der Waals surface area contributed by atoms with Gasteiger partial charge in [0.25, 0.3) is 0 Å². The number of hydrogen-bond donors (Lipinski definition) is 1. The van der Waals surface area contributed by atoms with Crippen LogP contribution < -0.4 is 10.6 Å². The predicted octanol–water partition coefficient (Wildman–Crippen LogP) is 3.17. The zero-order valence-corrected chi connectivity index (χ0v) is 10.9. The van der Waals surface area contributed by atoms with Gasteiger partial charge in [0.05, 0.1) is 13.7 Å². The Kier molecular flexibility index (Phi) is 4.59. The van der Waals surface area contributed by atoms with Crippen LogP contribution in [-0.4, -0.2) is 7.11 Å². The average molecular weight is 244 g/mol. The van der Waals surface area contributed by atoms with E-state index in [1.165, 1.54) is 0 Å². The maximum atomic E-state index is 6.18. The van der Waals surface area contributed by atoms with Gasteiger partial charge in [0.1, 0.15) is 5.75 Å². The van der Waals surface area contributed by atoms with Gasteiger partial charge in [0.2, 0.25) is 0 Å². The molecule has 16 heavy (non-hydrogen) atoms. The zero-order valence-electron chi connectivity index (χ0n) is 10.1. The van der Waals surface area contributed by atoms with Gasteiger partial charge in [-0.25, -0.2) is 5.90 Å². The van der Waals surface area contributed by atoms with Gasteiger partial charge in [-0.05, 0) is 30.0 Å². The van der Waals surface area contributed by atoms with E-state index >= 15 is 0 Å². The summed E-state index contributed by atoms with van der Waals surface area (Å²) in [5.74, 6) is 6.29. The lowest BCUT2D eigenvalue weighted by Crippen LogP contribution is -2.06. The van der Waals surface area contributed by atoms with Crippen molar-refractivity contribution in [2.24, 2.45) is 5.90 Å². The molecule has 3 nitrogen and oxygen atoms in total. The Morgan fingerprint density at radius 1 is 1.44 bits per heavy atom. The topological polar surface area (TPSA) is 44.5 Å². The van der Waals surface area contributed by atoms with E-state index in [2.05, 4.69) is 13.8 Å². The Labute approximate surface area is 101 Å². The van der Waals surface area contributed by atoms with Gasteiger partial charge >= 0.3 is 0 Å². The third kappa shape index (κ3) is 2.48. The number of ether oxygens (including phenoxy) is 1. The largest absolute Gasteiger partial charge is 0.496 e. The lowest BCUT2D eigenvalue weighted by atomic mass is 9.96. The van der Waals surface area contributed by atoms with Crippen molar-refractivity contribution in [3.8, 4) is 5.75 Å². The normalized spacial score (nSPS) is 10.9. The van der Waals surface area contributed by atoms with Crippen LogP contribution in [0.5, 0.6) is 5.75 Å². The molecule has 0 unspecified atom stereocenters. The molecule has 0 aliphatic heterocycles. The second-order valence-corrected chi connectivity index (χ2v) is 4.46. The summed E-state index contributed by atoms with van der Waals surface area (Å²) in [6.07, 6.45) is 0. The first-order valence-corrected chi connectivity index (χ1v) is 5.58. The lowest BCUT2D eigenvalue weighted by Gasteiger charge is -2.18. The molecular weight excluding hydrogens is 226 g/mol. The van der Waals surface area contributed by atoms with Gasteiger partial charge in [-0.3, -0.25) is 4.84 Å². The first-order valence-electron chi connectivity index (χ1n) is 5.20. The lowest BCUT2D eigenvalue weighted by molar-refractivity contribution is 0.121. The Morgan fingerprint density at radius 2 is 2.06 bits per heavy atom. The number of rotatable bonds is 4. The van der Waals surface area contributed by atoms with Crippen LogP contribution >= 0.6 is 11.6 Å². The Bertz CT molecular complexity index is 378. The van der Waals surface area contributed by atoms with Crippen LogP contribution in [0.3, 0.4) is 0 Å². The summed E-state index contributed by atoms with van der Waals surface area (Å²) in [5.41, 5.74) is 2.94. The van der Waals surface area contributed by atoms with E-state index in [-0.39, 0.29) is 0 Å². The minimum Gasteiger partial charge on any atom is -0.496 e. The van der Waals surface area contributed by atoms with Crippen molar-refractivity contribution in [3.63, 3.8) is 0 Å². The molecule has 1 aromatic rings. The highest BCUT2D eigenvalue weighted by molar-refractivity contribution is 6.31. The second kappa shape index (κ2) is 5.53. The minimum atomic E-state index is 0.301. The molecule has 1 aromatic carbocycles. The molecule has 0 fully saturated rings. The molecule has 4 heteroatoms. The van der Waals surface area contributed by atoms with Crippen LogP contribution in [0.4, 0.5) is 0 Å². The van der Waals surface area contributed by atoms with E-state index in [0.29, 0.717) is 12.5 Å². The van der Waals surface area contributed by atoms with E-state index in [4.69, 9.17) is 27.1 Å². The number of nitrogens with two attached hydrogens (primary N) is 1. The number of benzene rings is 1. The third-order valence-electron chi connectivity index (χ3n) is 2.68. The fourth-order valence-corrected chi connectivity index (χ4v) is 1.96. The van der Waals surface area contributed by atoms with Crippen molar-refractivity contribution in [2.75, 3.05) is 7.11 Å². The summed E-state index contributed by atoms with van der Waals surface area (Å²) in [7, 11) is 1.65. The molecule has 2 N–H and O–H groups in total. The highest BCUT2D eigenvalue weighted by Crippen LogP contribution is 2.36. The maximum absolute atomic E-state index is 6.18. The average Bonchev–Trinajstić information content (AvgIpc) is 2.24. The molecule has 0 heterocycles. The minimum absolute atomic E-state index is 0.301. The smallest absolute Gasteiger partial charge is 0.128 e. The van der Waals surface area contributed by atoms with Crippen LogP contribution in [0.1, 0.15) is 36.5 Å². The molecule has 90 valence electrons. The molecule has 0 aromatic heterocycles. The fraction of sp³-hybridized carbons (Fsp3) is 0.500. The van der Waals surface area contributed by atoms with E-state index in [0.717, 1.165) is 27.5 Å². The molecule has 0 saturated carbocycles.